The Bertz CT molecular complexity index is 921. The predicted octanol–water partition coefficient (Wildman–Crippen LogP) is 8.05. The van der Waals surface area contributed by atoms with E-state index in [1.54, 1.807) is 18.1 Å². The fraction of sp³-hybridized carbons (Fsp3) is 0.812. The van der Waals surface area contributed by atoms with E-state index in [9.17, 15) is 4.79 Å². The lowest BCUT2D eigenvalue weighted by molar-refractivity contribution is -0.151. The van der Waals surface area contributed by atoms with Crippen LogP contribution in [0.3, 0.4) is 0 Å². The number of carbonyl (C=O) groups excluding carboxylic acids is 1. The molecule has 7 atom stereocenters. The first kappa shape index (κ1) is 26.0. The van der Waals surface area contributed by atoms with Crippen LogP contribution in [0.4, 0.5) is 0 Å². The molecule has 0 spiro atoms. The zero-order valence-corrected chi connectivity index (χ0v) is 23.4. The van der Waals surface area contributed by atoms with Gasteiger partial charge in [0.2, 0.25) is 0 Å². The SMILES string of the molecule is CC(C)CCCCC1CCC2C3CC=C4CC(OC(=O)CCc5cnc[nH]5)CCC4(C)C3CCC12C. The van der Waals surface area contributed by atoms with Gasteiger partial charge in [-0.25, -0.2) is 4.98 Å². The third-order valence-electron chi connectivity index (χ3n) is 11.3. The molecule has 0 aromatic carbocycles. The summed E-state index contributed by atoms with van der Waals surface area (Å²) in [5.74, 6) is 4.34. The molecule has 3 saturated carbocycles. The number of allylic oxidation sites excluding steroid dienone is 1. The van der Waals surface area contributed by atoms with E-state index in [1.165, 1.54) is 64.2 Å². The van der Waals surface area contributed by atoms with Gasteiger partial charge in [-0.15, -0.1) is 0 Å². The molecule has 0 saturated heterocycles. The van der Waals surface area contributed by atoms with Crippen molar-refractivity contribution in [3.63, 3.8) is 0 Å². The zero-order valence-electron chi connectivity index (χ0n) is 23.4. The maximum atomic E-state index is 12.5. The second kappa shape index (κ2) is 10.7. The van der Waals surface area contributed by atoms with Gasteiger partial charge in [0.05, 0.1) is 12.7 Å². The molecule has 4 nitrogen and oxygen atoms in total. The number of ether oxygens (including phenoxy) is 1. The van der Waals surface area contributed by atoms with Crippen molar-refractivity contribution in [2.45, 2.75) is 124 Å². The van der Waals surface area contributed by atoms with Crippen LogP contribution in [0.25, 0.3) is 0 Å². The highest BCUT2D eigenvalue weighted by molar-refractivity contribution is 5.69. The second-order valence-electron chi connectivity index (χ2n) is 13.7. The fourth-order valence-corrected chi connectivity index (χ4v) is 9.16. The normalized spacial score (nSPS) is 37.7. The number of rotatable bonds is 9. The quantitative estimate of drug-likeness (QED) is 0.215. The van der Waals surface area contributed by atoms with E-state index < -0.39 is 0 Å². The van der Waals surface area contributed by atoms with Crippen molar-refractivity contribution < 1.29 is 9.53 Å². The molecule has 1 aromatic rings. The second-order valence-corrected chi connectivity index (χ2v) is 13.7. The topological polar surface area (TPSA) is 55.0 Å². The molecule has 1 heterocycles. The summed E-state index contributed by atoms with van der Waals surface area (Å²) in [5.41, 5.74) is 3.49. The van der Waals surface area contributed by atoms with E-state index >= 15 is 0 Å². The molecule has 5 rings (SSSR count). The number of carbonyl (C=O) groups is 1. The lowest BCUT2D eigenvalue weighted by atomic mass is 9.47. The van der Waals surface area contributed by atoms with Crippen LogP contribution in [-0.2, 0) is 16.0 Å². The van der Waals surface area contributed by atoms with Gasteiger partial charge in [-0.3, -0.25) is 4.79 Å². The Morgan fingerprint density at radius 1 is 1.14 bits per heavy atom. The van der Waals surface area contributed by atoms with Crippen LogP contribution < -0.4 is 0 Å². The van der Waals surface area contributed by atoms with Gasteiger partial charge in [0.1, 0.15) is 6.10 Å². The molecule has 1 aromatic heterocycles. The third-order valence-corrected chi connectivity index (χ3v) is 11.3. The minimum absolute atomic E-state index is 0.0608. The Kier molecular flexibility index (Phi) is 7.71. The highest BCUT2D eigenvalue weighted by Crippen LogP contribution is 2.66. The van der Waals surface area contributed by atoms with E-state index in [2.05, 4.69) is 43.7 Å². The van der Waals surface area contributed by atoms with Gasteiger partial charge in [-0.1, -0.05) is 58.6 Å². The summed E-state index contributed by atoms with van der Waals surface area (Å²) < 4.78 is 5.97. The minimum Gasteiger partial charge on any atom is -0.462 e. The molecule has 36 heavy (non-hydrogen) atoms. The van der Waals surface area contributed by atoms with Crippen LogP contribution >= 0.6 is 0 Å². The van der Waals surface area contributed by atoms with Crippen LogP contribution in [0.15, 0.2) is 24.2 Å². The fourth-order valence-electron chi connectivity index (χ4n) is 9.16. The molecule has 0 radical (unpaired) electrons. The molecule has 7 unspecified atom stereocenters. The third kappa shape index (κ3) is 5.07. The van der Waals surface area contributed by atoms with Gasteiger partial charge in [0.25, 0.3) is 0 Å². The predicted molar refractivity (Wildman–Crippen MR) is 145 cm³/mol. The lowest BCUT2D eigenvalue weighted by Gasteiger charge is -2.58. The van der Waals surface area contributed by atoms with Gasteiger partial charge in [0, 0.05) is 18.3 Å². The van der Waals surface area contributed by atoms with Crippen molar-refractivity contribution in [1.29, 1.82) is 0 Å². The Morgan fingerprint density at radius 3 is 2.78 bits per heavy atom. The van der Waals surface area contributed by atoms with Crippen molar-refractivity contribution >= 4 is 5.97 Å². The number of imidazole rings is 1. The molecule has 4 aliphatic carbocycles. The van der Waals surface area contributed by atoms with Crippen molar-refractivity contribution in [3.8, 4) is 0 Å². The number of H-pyrrole nitrogens is 1. The van der Waals surface area contributed by atoms with Crippen LogP contribution in [0.1, 0.15) is 117 Å². The first-order valence-corrected chi connectivity index (χ1v) is 15.2. The van der Waals surface area contributed by atoms with E-state index in [0.717, 1.165) is 48.1 Å². The maximum absolute atomic E-state index is 12.5. The summed E-state index contributed by atoms with van der Waals surface area (Å²) in [4.78, 5) is 19.6. The highest BCUT2D eigenvalue weighted by Gasteiger charge is 2.58. The van der Waals surface area contributed by atoms with Gasteiger partial charge < -0.3 is 9.72 Å². The lowest BCUT2D eigenvalue weighted by Crippen LogP contribution is -2.50. The standard InChI is InChI=1S/C32H50N2O2/c1-22(2)7-5-6-8-23-10-13-28-27-12-9-24-19-26(36-30(35)14-11-25-20-33-21-34-25)15-17-32(24,4)29(27)16-18-31(23,28)3/h9,20-23,26-29H,5-8,10-19H2,1-4H3,(H,33,34). The van der Waals surface area contributed by atoms with Crippen LogP contribution in [0.5, 0.6) is 0 Å². The Labute approximate surface area is 219 Å². The zero-order chi connectivity index (χ0) is 25.3. The molecule has 3 fully saturated rings. The summed E-state index contributed by atoms with van der Waals surface area (Å²) in [6.45, 7) is 9.96. The van der Waals surface area contributed by atoms with Gasteiger partial charge in [-0.05, 0) is 98.2 Å². The first-order chi connectivity index (χ1) is 17.3. The van der Waals surface area contributed by atoms with Crippen molar-refractivity contribution in [2.24, 2.45) is 40.4 Å². The Hall–Kier alpha value is -1.58. The Morgan fingerprint density at radius 2 is 2.00 bits per heavy atom. The summed E-state index contributed by atoms with van der Waals surface area (Å²) in [7, 11) is 0. The summed E-state index contributed by atoms with van der Waals surface area (Å²) in [6.07, 6.45) is 23.1. The molecule has 0 bridgehead atoms. The number of hydrogen-bond donors (Lipinski definition) is 1. The minimum atomic E-state index is -0.0636. The monoisotopic (exact) mass is 494 g/mol. The summed E-state index contributed by atoms with van der Waals surface area (Å²) in [6, 6.07) is 0. The molecular weight excluding hydrogens is 444 g/mol. The number of esters is 1. The molecule has 200 valence electrons. The van der Waals surface area contributed by atoms with E-state index in [1.807, 2.05) is 0 Å². The summed E-state index contributed by atoms with van der Waals surface area (Å²) in [5, 5.41) is 0. The van der Waals surface area contributed by atoms with Crippen LogP contribution in [0, 0.1) is 40.4 Å². The molecule has 4 aliphatic rings. The molecule has 4 heteroatoms. The highest BCUT2D eigenvalue weighted by atomic mass is 16.5. The number of nitrogens with one attached hydrogen (secondary N) is 1. The average Bonchev–Trinajstić information content (AvgIpc) is 3.48. The molecule has 0 amide bonds. The number of aryl methyl sites for hydroxylation is 1. The van der Waals surface area contributed by atoms with Crippen LogP contribution in [0.2, 0.25) is 0 Å². The van der Waals surface area contributed by atoms with Gasteiger partial charge in [0.15, 0.2) is 0 Å². The van der Waals surface area contributed by atoms with Crippen molar-refractivity contribution in [1.82, 2.24) is 9.97 Å². The number of nitrogens with zero attached hydrogens (tertiary/aromatic N) is 1. The molecule has 0 aliphatic heterocycles. The Balaban J connectivity index is 1.18. The largest absolute Gasteiger partial charge is 0.462 e. The number of hydrogen-bond acceptors (Lipinski definition) is 3. The number of aromatic amines is 1. The van der Waals surface area contributed by atoms with Crippen LogP contribution in [-0.4, -0.2) is 22.0 Å². The van der Waals surface area contributed by atoms with Gasteiger partial charge >= 0.3 is 5.97 Å². The summed E-state index contributed by atoms with van der Waals surface area (Å²) >= 11 is 0. The average molecular weight is 495 g/mol. The van der Waals surface area contributed by atoms with Crippen molar-refractivity contribution in [2.75, 3.05) is 0 Å². The van der Waals surface area contributed by atoms with E-state index in [0.29, 0.717) is 23.7 Å². The van der Waals surface area contributed by atoms with Gasteiger partial charge in [-0.2, -0.15) is 0 Å². The van der Waals surface area contributed by atoms with E-state index in [-0.39, 0.29) is 12.1 Å². The smallest absolute Gasteiger partial charge is 0.306 e. The van der Waals surface area contributed by atoms with E-state index in [4.69, 9.17) is 4.74 Å². The molecule has 1 N–H and O–H groups in total. The maximum Gasteiger partial charge on any atom is 0.306 e. The first-order valence-electron chi connectivity index (χ1n) is 15.2. The number of fused-ring (bicyclic) bond motifs is 5. The number of aromatic nitrogens is 2. The molecular formula is C32H50N2O2. The number of unbranched alkanes of at least 4 members (excludes halogenated alkanes) is 1. The van der Waals surface area contributed by atoms with Crippen molar-refractivity contribution in [3.05, 3.63) is 29.9 Å².